The van der Waals surface area contributed by atoms with Crippen molar-refractivity contribution in [2.24, 2.45) is 0 Å². The van der Waals surface area contributed by atoms with E-state index in [1.165, 1.54) is 0 Å². The van der Waals surface area contributed by atoms with E-state index in [0.717, 1.165) is 30.0 Å². The molecule has 0 aromatic carbocycles. The van der Waals surface area contributed by atoms with Crippen LogP contribution in [0.2, 0.25) is 0 Å². The molecule has 0 atom stereocenters. The second kappa shape index (κ2) is 4.57. The predicted octanol–water partition coefficient (Wildman–Crippen LogP) is 2.72. The molecule has 16 heavy (non-hydrogen) atoms. The highest BCUT2D eigenvalue weighted by Gasteiger charge is 2.10. The van der Waals surface area contributed by atoms with Gasteiger partial charge in [-0.05, 0) is 37.7 Å². The van der Waals surface area contributed by atoms with E-state index in [1.807, 2.05) is 23.6 Å². The second-order valence-electron chi connectivity index (χ2n) is 3.64. The first-order chi connectivity index (χ1) is 7.74. The summed E-state index contributed by atoms with van der Waals surface area (Å²) in [6.45, 7) is 4.97. The lowest BCUT2D eigenvalue weighted by Gasteiger charge is -2.06. The summed E-state index contributed by atoms with van der Waals surface area (Å²) >= 11 is 5.21. The topological polar surface area (TPSA) is 46.5 Å². The summed E-state index contributed by atoms with van der Waals surface area (Å²) in [6.07, 6.45) is 2.81. The van der Waals surface area contributed by atoms with Gasteiger partial charge in [0.25, 0.3) is 0 Å². The summed E-state index contributed by atoms with van der Waals surface area (Å²) in [5.41, 5.74) is 2.00. The SMILES string of the molecule is CCCn1c(-c2cccnc2C)n[nH]c1=S. The molecular weight excluding hydrogens is 220 g/mol. The number of aromatic nitrogens is 4. The molecule has 5 heteroatoms. The molecule has 0 fully saturated rings. The maximum absolute atomic E-state index is 5.21. The van der Waals surface area contributed by atoms with Crippen molar-refractivity contribution in [3.8, 4) is 11.4 Å². The zero-order valence-corrected chi connectivity index (χ0v) is 10.2. The summed E-state index contributed by atoms with van der Waals surface area (Å²) in [5.74, 6) is 0.873. The van der Waals surface area contributed by atoms with Gasteiger partial charge in [0.05, 0.1) is 0 Å². The molecule has 2 aromatic rings. The van der Waals surface area contributed by atoms with Crippen LogP contribution in [0, 0.1) is 11.7 Å². The highest BCUT2D eigenvalue weighted by molar-refractivity contribution is 7.71. The Bertz CT molecular complexity index is 541. The average molecular weight is 234 g/mol. The van der Waals surface area contributed by atoms with Crippen LogP contribution in [0.1, 0.15) is 19.0 Å². The van der Waals surface area contributed by atoms with Gasteiger partial charge in [0, 0.05) is 24.0 Å². The zero-order valence-electron chi connectivity index (χ0n) is 9.40. The fraction of sp³-hybridized carbons (Fsp3) is 0.364. The van der Waals surface area contributed by atoms with Crippen molar-refractivity contribution in [2.45, 2.75) is 26.8 Å². The number of nitrogens with one attached hydrogen (secondary N) is 1. The minimum Gasteiger partial charge on any atom is -0.300 e. The van der Waals surface area contributed by atoms with E-state index in [1.54, 1.807) is 6.20 Å². The Balaban J connectivity index is 2.56. The number of aromatic amines is 1. The summed E-state index contributed by atoms with van der Waals surface area (Å²) in [5, 5.41) is 7.11. The smallest absolute Gasteiger partial charge is 0.195 e. The zero-order chi connectivity index (χ0) is 11.5. The molecule has 0 saturated heterocycles. The first-order valence-corrected chi connectivity index (χ1v) is 5.72. The van der Waals surface area contributed by atoms with Crippen LogP contribution in [-0.2, 0) is 6.54 Å². The Labute approximate surface area is 99.4 Å². The quantitative estimate of drug-likeness (QED) is 0.831. The van der Waals surface area contributed by atoms with Crippen molar-refractivity contribution in [1.82, 2.24) is 19.7 Å². The number of rotatable bonds is 3. The van der Waals surface area contributed by atoms with Crippen molar-refractivity contribution in [1.29, 1.82) is 0 Å². The number of H-pyrrole nitrogens is 1. The molecule has 0 spiro atoms. The van der Waals surface area contributed by atoms with Crippen molar-refractivity contribution in [2.75, 3.05) is 0 Å². The van der Waals surface area contributed by atoms with E-state index in [2.05, 4.69) is 22.1 Å². The molecule has 2 rings (SSSR count). The van der Waals surface area contributed by atoms with Crippen LogP contribution in [0.3, 0.4) is 0 Å². The lowest BCUT2D eigenvalue weighted by atomic mass is 10.2. The summed E-state index contributed by atoms with van der Waals surface area (Å²) in [4.78, 5) is 4.26. The number of pyridine rings is 1. The largest absolute Gasteiger partial charge is 0.300 e. The lowest BCUT2D eigenvalue weighted by molar-refractivity contribution is 0.674. The molecule has 0 bridgehead atoms. The summed E-state index contributed by atoms with van der Waals surface area (Å²) in [6, 6.07) is 3.93. The molecule has 0 saturated carbocycles. The average Bonchev–Trinajstić information content (AvgIpc) is 2.62. The standard InChI is InChI=1S/C11H14N4S/c1-3-7-15-10(13-14-11(15)16)9-5-4-6-12-8(9)2/h4-6H,3,7H2,1-2H3,(H,14,16). The van der Waals surface area contributed by atoms with Crippen molar-refractivity contribution in [3.63, 3.8) is 0 Å². The van der Waals surface area contributed by atoms with Gasteiger partial charge in [0.15, 0.2) is 10.6 Å². The number of aryl methyl sites for hydroxylation is 1. The Kier molecular flexibility index (Phi) is 3.14. The van der Waals surface area contributed by atoms with E-state index < -0.39 is 0 Å². The van der Waals surface area contributed by atoms with Gasteiger partial charge in [-0.3, -0.25) is 10.1 Å². The third-order valence-electron chi connectivity index (χ3n) is 2.45. The van der Waals surface area contributed by atoms with Gasteiger partial charge in [0.1, 0.15) is 0 Å². The Morgan fingerprint density at radius 3 is 3.00 bits per heavy atom. The van der Waals surface area contributed by atoms with Crippen LogP contribution in [0.4, 0.5) is 0 Å². The number of hydrogen-bond acceptors (Lipinski definition) is 3. The molecule has 2 aromatic heterocycles. The molecule has 0 unspecified atom stereocenters. The normalized spacial score (nSPS) is 10.6. The lowest BCUT2D eigenvalue weighted by Crippen LogP contribution is -2.01. The predicted molar refractivity (Wildman–Crippen MR) is 65.7 cm³/mol. The Morgan fingerprint density at radius 1 is 1.50 bits per heavy atom. The van der Waals surface area contributed by atoms with E-state index >= 15 is 0 Å². The molecule has 84 valence electrons. The highest BCUT2D eigenvalue weighted by Crippen LogP contribution is 2.19. The fourth-order valence-electron chi connectivity index (χ4n) is 1.67. The molecule has 0 amide bonds. The van der Waals surface area contributed by atoms with Crippen LogP contribution < -0.4 is 0 Å². The van der Waals surface area contributed by atoms with Crippen molar-refractivity contribution in [3.05, 3.63) is 28.8 Å². The summed E-state index contributed by atoms with van der Waals surface area (Å²) < 4.78 is 2.68. The van der Waals surface area contributed by atoms with Gasteiger partial charge in [-0.25, -0.2) is 0 Å². The Hall–Kier alpha value is -1.49. The molecular formula is C11H14N4S. The van der Waals surface area contributed by atoms with Crippen molar-refractivity contribution < 1.29 is 0 Å². The maximum atomic E-state index is 5.21. The van der Waals surface area contributed by atoms with Crippen molar-refractivity contribution >= 4 is 12.2 Å². The summed E-state index contributed by atoms with van der Waals surface area (Å²) in [7, 11) is 0. The molecule has 0 radical (unpaired) electrons. The van der Waals surface area contributed by atoms with Gasteiger partial charge < -0.3 is 4.57 Å². The molecule has 4 nitrogen and oxygen atoms in total. The monoisotopic (exact) mass is 234 g/mol. The minimum atomic E-state index is 0.667. The Morgan fingerprint density at radius 2 is 2.31 bits per heavy atom. The third kappa shape index (κ3) is 1.90. The van der Waals surface area contributed by atoms with Crippen LogP contribution in [0.25, 0.3) is 11.4 Å². The van der Waals surface area contributed by atoms with E-state index in [9.17, 15) is 0 Å². The maximum Gasteiger partial charge on any atom is 0.195 e. The molecule has 2 heterocycles. The van der Waals surface area contributed by atoms with Gasteiger partial charge >= 0.3 is 0 Å². The van der Waals surface area contributed by atoms with Crippen LogP contribution >= 0.6 is 12.2 Å². The van der Waals surface area contributed by atoms with Crippen LogP contribution in [-0.4, -0.2) is 19.7 Å². The van der Waals surface area contributed by atoms with Gasteiger partial charge in [-0.1, -0.05) is 6.92 Å². The minimum absolute atomic E-state index is 0.667. The highest BCUT2D eigenvalue weighted by atomic mass is 32.1. The van der Waals surface area contributed by atoms with E-state index in [4.69, 9.17) is 12.2 Å². The number of hydrogen-bond donors (Lipinski definition) is 1. The van der Waals surface area contributed by atoms with E-state index in [-0.39, 0.29) is 0 Å². The molecule has 1 N–H and O–H groups in total. The van der Waals surface area contributed by atoms with Gasteiger partial charge in [-0.15, -0.1) is 0 Å². The molecule has 0 aliphatic carbocycles. The second-order valence-corrected chi connectivity index (χ2v) is 4.03. The van der Waals surface area contributed by atoms with Crippen LogP contribution in [0.15, 0.2) is 18.3 Å². The first-order valence-electron chi connectivity index (χ1n) is 5.31. The van der Waals surface area contributed by atoms with Gasteiger partial charge in [-0.2, -0.15) is 5.10 Å². The first kappa shape index (κ1) is 11.0. The molecule has 0 aliphatic rings. The fourth-order valence-corrected chi connectivity index (χ4v) is 1.90. The number of nitrogens with zero attached hydrogens (tertiary/aromatic N) is 3. The van der Waals surface area contributed by atoms with E-state index in [0.29, 0.717) is 4.77 Å². The van der Waals surface area contributed by atoms with Gasteiger partial charge in [0.2, 0.25) is 0 Å². The molecule has 0 aliphatic heterocycles. The third-order valence-corrected chi connectivity index (χ3v) is 2.76. The van der Waals surface area contributed by atoms with Crippen LogP contribution in [0.5, 0.6) is 0 Å².